The van der Waals surface area contributed by atoms with Crippen LogP contribution < -0.4 is 4.74 Å². The molecule has 0 aliphatic carbocycles. The Morgan fingerprint density at radius 1 is 1.09 bits per heavy atom. The van der Waals surface area contributed by atoms with E-state index in [0.717, 1.165) is 30.2 Å². The van der Waals surface area contributed by atoms with Crippen LogP contribution in [-0.2, 0) is 17.4 Å². The highest BCUT2D eigenvalue weighted by Crippen LogP contribution is 2.42. The molecule has 1 N–H and O–H groups in total. The fraction of sp³-hybridized carbons (Fsp3) is 0.452. The first-order valence-corrected chi connectivity index (χ1v) is 14.5. The number of piperidine rings is 1. The molecule has 1 saturated heterocycles. The lowest BCUT2D eigenvalue weighted by Crippen LogP contribution is -2.57. The lowest BCUT2D eigenvalue weighted by atomic mass is 9.87. The normalized spacial score (nSPS) is 15.7. The maximum atomic E-state index is 14.3. The topological polar surface area (TPSA) is 87.9 Å². The maximum absolute atomic E-state index is 14.3. The van der Waals surface area contributed by atoms with Gasteiger partial charge in [-0.15, -0.1) is 0 Å². The maximum Gasteiger partial charge on any atom is 0.430 e. The summed E-state index contributed by atoms with van der Waals surface area (Å²) >= 11 is 6.23. The highest BCUT2D eigenvalue weighted by molar-refractivity contribution is 6.34. The van der Waals surface area contributed by atoms with Gasteiger partial charge in [0.05, 0.1) is 23.4 Å². The Morgan fingerprint density at radius 3 is 2.42 bits per heavy atom. The molecule has 0 radical (unpaired) electrons. The number of alkyl halides is 3. The van der Waals surface area contributed by atoms with Crippen molar-refractivity contribution in [1.29, 1.82) is 0 Å². The van der Waals surface area contributed by atoms with Crippen LogP contribution in [-0.4, -0.2) is 76.5 Å². The fourth-order valence-electron chi connectivity index (χ4n) is 5.28. The first-order valence-electron chi connectivity index (χ1n) is 14.1. The number of carbonyl (C=O) groups excluding carboxylic acids is 2. The first-order chi connectivity index (χ1) is 20.3. The molecule has 1 aliphatic rings. The summed E-state index contributed by atoms with van der Waals surface area (Å²) in [6.45, 7) is 0.722. The minimum absolute atomic E-state index is 0.136. The Bertz CT molecular complexity index is 1440. The van der Waals surface area contributed by atoms with E-state index in [4.69, 9.17) is 16.3 Å². The predicted octanol–water partition coefficient (Wildman–Crippen LogP) is 5.68. The van der Waals surface area contributed by atoms with Gasteiger partial charge in [0.25, 0.3) is 17.4 Å². The molecular formula is C31H36ClF3N4O4. The second kappa shape index (κ2) is 13.4. The summed E-state index contributed by atoms with van der Waals surface area (Å²) in [6, 6.07) is 10.3. The fourth-order valence-corrected chi connectivity index (χ4v) is 5.53. The minimum atomic E-state index is -5.21. The van der Waals surface area contributed by atoms with Gasteiger partial charge >= 0.3 is 6.18 Å². The zero-order valence-electron chi connectivity index (χ0n) is 24.4. The standard InChI is InChI=1S/C31H36ClF3N4O4/c1-37(2)28(40)26-11-10-25(18-27(26)32)43-16-5-4-7-21-12-14-39(15-13-21)29(41)30(42,31(33,34)35)24-9-6-8-22(17-24)23-19-36-38(3)20-23/h6,8-11,17-21,42H,4-5,7,12-16H2,1-3H3. The van der Waals surface area contributed by atoms with Crippen molar-refractivity contribution in [3.05, 3.63) is 71.0 Å². The molecule has 0 bridgehead atoms. The molecule has 1 atom stereocenters. The Kier molecular flexibility index (Phi) is 10.1. The third-order valence-corrected chi connectivity index (χ3v) is 8.11. The number of unbranched alkanes of at least 4 members (excludes halogenated alkanes) is 1. The second-order valence-corrected chi connectivity index (χ2v) is 11.5. The van der Waals surface area contributed by atoms with Crippen LogP contribution in [0.1, 0.15) is 48.0 Å². The predicted molar refractivity (Wildman–Crippen MR) is 157 cm³/mol. The van der Waals surface area contributed by atoms with Crippen molar-refractivity contribution in [2.24, 2.45) is 13.0 Å². The van der Waals surface area contributed by atoms with E-state index >= 15 is 0 Å². The number of aromatic nitrogens is 2. The van der Waals surface area contributed by atoms with Crippen molar-refractivity contribution >= 4 is 23.4 Å². The zero-order chi connectivity index (χ0) is 31.4. The van der Waals surface area contributed by atoms with Crippen molar-refractivity contribution in [2.75, 3.05) is 33.8 Å². The largest absolute Gasteiger partial charge is 0.494 e. The summed E-state index contributed by atoms with van der Waals surface area (Å²) in [6.07, 6.45) is 1.49. The first kappa shape index (κ1) is 32.3. The molecule has 1 unspecified atom stereocenters. The van der Waals surface area contributed by atoms with Gasteiger partial charge in [-0.05, 0) is 61.4 Å². The third kappa shape index (κ3) is 7.33. The number of nitrogens with zero attached hydrogens (tertiary/aromatic N) is 4. The van der Waals surface area contributed by atoms with Gasteiger partial charge in [0.2, 0.25) is 0 Å². The average molecular weight is 621 g/mol. The van der Waals surface area contributed by atoms with Crippen LogP contribution in [0, 0.1) is 5.92 Å². The van der Waals surface area contributed by atoms with Gasteiger partial charge in [-0.3, -0.25) is 14.3 Å². The molecule has 2 aromatic carbocycles. The molecule has 4 rings (SSSR count). The van der Waals surface area contributed by atoms with Gasteiger partial charge in [0.1, 0.15) is 5.75 Å². The lowest BCUT2D eigenvalue weighted by molar-refractivity contribution is -0.262. The van der Waals surface area contributed by atoms with Crippen molar-refractivity contribution in [1.82, 2.24) is 19.6 Å². The van der Waals surface area contributed by atoms with Crippen LogP contribution in [0.2, 0.25) is 5.02 Å². The van der Waals surface area contributed by atoms with Gasteiger partial charge in [-0.1, -0.05) is 36.2 Å². The number of aryl methyl sites for hydroxylation is 1. The molecule has 1 aliphatic heterocycles. The van der Waals surface area contributed by atoms with Crippen LogP contribution in [0.25, 0.3) is 11.1 Å². The van der Waals surface area contributed by atoms with E-state index in [1.54, 1.807) is 51.6 Å². The van der Waals surface area contributed by atoms with Gasteiger partial charge in [-0.2, -0.15) is 18.3 Å². The van der Waals surface area contributed by atoms with Gasteiger partial charge in [0.15, 0.2) is 0 Å². The lowest BCUT2D eigenvalue weighted by Gasteiger charge is -2.38. The molecule has 3 aromatic rings. The highest BCUT2D eigenvalue weighted by Gasteiger charge is 2.62. The van der Waals surface area contributed by atoms with Gasteiger partial charge in [0, 0.05) is 51.6 Å². The zero-order valence-corrected chi connectivity index (χ0v) is 25.2. The summed E-state index contributed by atoms with van der Waals surface area (Å²) in [5.41, 5.74) is -2.78. The molecule has 1 aromatic heterocycles. The molecule has 1 fully saturated rings. The SMILES string of the molecule is CN(C)C(=O)c1ccc(OCCCCC2CCN(C(=O)C(O)(c3cccc(-c4cnn(C)c4)c3)C(F)(F)F)CC2)cc1Cl. The summed E-state index contributed by atoms with van der Waals surface area (Å²) < 4.78 is 50.3. The number of ether oxygens (including phenoxy) is 1. The van der Waals surface area contributed by atoms with Crippen molar-refractivity contribution in [2.45, 2.75) is 43.9 Å². The quantitative estimate of drug-likeness (QED) is 0.295. The number of carbonyl (C=O) groups is 2. The molecule has 43 heavy (non-hydrogen) atoms. The highest BCUT2D eigenvalue weighted by atomic mass is 35.5. The summed E-state index contributed by atoms with van der Waals surface area (Å²) in [5, 5.41) is 15.3. The number of hydrogen-bond donors (Lipinski definition) is 1. The van der Waals surface area contributed by atoms with E-state index in [9.17, 15) is 27.9 Å². The van der Waals surface area contributed by atoms with Gasteiger partial charge < -0.3 is 19.6 Å². The molecule has 0 saturated carbocycles. The molecule has 2 heterocycles. The number of amides is 2. The Labute approximate surface area is 254 Å². The Morgan fingerprint density at radius 2 is 1.81 bits per heavy atom. The number of benzene rings is 2. The van der Waals surface area contributed by atoms with E-state index in [1.165, 1.54) is 27.9 Å². The van der Waals surface area contributed by atoms with Crippen LogP contribution in [0.5, 0.6) is 5.75 Å². The van der Waals surface area contributed by atoms with E-state index in [1.807, 2.05) is 0 Å². The van der Waals surface area contributed by atoms with E-state index in [2.05, 4.69) is 5.10 Å². The molecule has 8 nitrogen and oxygen atoms in total. The Balaban J connectivity index is 1.29. The minimum Gasteiger partial charge on any atom is -0.494 e. The van der Waals surface area contributed by atoms with Gasteiger partial charge in [-0.25, -0.2) is 0 Å². The summed E-state index contributed by atoms with van der Waals surface area (Å²) in [7, 11) is 4.99. The molecular weight excluding hydrogens is 585 g/mol. The van der Waals surface area contributed by atoms with Crippen LogP contribution >= 0.6 is 11.6 Å². The average Bonchev–Trinajstić information content (AvgIpc) is 3.42. The summed E-state index contributed by atoms with van der Waals surface area (Å²) in [5.74, 6) is -0.729. The molecule has 0 spiro atoms. The number of aliphatic hydroxyl groups is 1. The molecule has 2 amide bonds. The third-order valence-electron chi connectivity index (χ3n) is 7.79. The van der Waals surface area contributed by atoms with E-state index < -0.39 is 23.2 Å². The number of rotatable bonds is 10. The van der Waals surface area contributed by atoms with Crippen LogP contribution in [0.15, 0.2) is 54.9 Å². The Hall–Kier alpha value is -3.57. The van der Waals surface area contributed by atoms with Crippen molar-refractivity contribution in [3.63, 3.8) is 0 Å². The molecule has 232 valence electrons. The number of halogens is 4. The van der Waals surface area contributed by atoms with E-state index in [0.29, 0.717) is 46.9 Å². The van der Waals surface area contributed by atoms with Crippen LogP contribution in [0.4, 0.5) is 13.2 Å². The second-order valence-electron chi connectivity index (χ2n) is 11.1. The van der Waals surface area contributed by atoms with E-state index in [-0.39, 0.29) is 24.9 Å². The number of likely N-dealkylation sites (tertiary alicyclic amines) is 1. The summed E-state index contributed by atoms with van der Waals surface area (Å²) in [4.78, 5) is 28.0. The van der Waals surface area contributed by atoms with Crippen molar-refractivity contribution < 1.29 is 32.6 Å². The molecule has 12 heteroatoms. The number of hydrogen-bond acceptors (Lipinski definition) is 5. The monoisotopic (exact) mass is 620 g/mol. The van der Waals surface area contributed by atoms with Crippen LogP contribution in [0.3, 0.4) is 0 Å². The smallest absolute Gasteiger partial charge is 0.430 e. The van der Waals surface area contributed by atoms with Crippen molar-refractivity contribution in [3.8, 4) is 16.9 Å².